The predicted molar refractivity (Wildman–Crippen MR) is 77.4 cm³/mol. The minimum atomic E-state index is -1.10. The highest BCUT2D eigenvalue weighted by molar-refractivity contribution is 6.33. The van der Waals surface area contributed by atoms with E-state index >= 15 is 0 Å². The number of carbonyl (C=O) groups excluding carboxylic acids is 2. The number of hydrogen-bond donors (Lipinski definition) is 2. The van der Waals surface area contributed by atoms with Crippen LogP contribution in [0, 0.1) is 0 Å². The molecule has 2 amide bonds. The summed E-state index contributed by atoms with van der Waals surface area (Å²) in [5.74, 6) is -2.20. The quantitative estimate of drug-likeness (QED) is 0.663. The monoisotopic (exact) mass is 285 g/mol. The molecule has 2 aromatic rings. The van der Waals surface area contributed by atoms with Crippen molar-refractivity contribution >= 4 is 17.9 Å². The van der Waals surface area contributed by atoms with Crippen molar-refractivity contribution in [2.75, 3.05) is 0 Å². The normalized spacial score (nSPS) is 10.3. The first kappa shape index (κ1) is 16.0. The largest absolute Gasteiger partial charge is 0.361 e. The topological polar surface area (TPSA) is 125 Å². The molecule has 7 heteroatoms. The highest BCUT2D eigenvalue weighted by Gasteiger charge is 2.00. The second-order valence-electron chi connectivity index (χ2n) is 3.84. The zero-order chi connectivity index (χ0) is 15.5. The highest BCUT2D eigenvalue weighted by Crippen LogP contribution is 2.17. The van der Waals surface area contributed by atoms with Crippen molar-refractivity contribution in [3.63, 3.8) is 0 Å². The molecule has 0 aliphatic heterocycles. The van der Waals surface area contributed by atoms with Gasteiger partial charge < -0.3 is 11.5 Å². The lowest BCUT2D eigenvalue weighted by Crippen LogP contribution is -2.29. The number of amides is 2. The van der Waals surface area contributed by atoms with Crippen LogP contribution in [0.15, 0.2) is 48.8 Å². The molecule has 0 fully saturated rings. The molecule has 1 aliphatic carbocycles. The fourth-order valence-corrected chi connectivity index (χ4v) is 1.40. The standard InChI is InChI=1S/C9H8.C3H3N3.C2H4N2O2/c1-2-5-9-7-3-6-8(9)4-1;1-2-4-6-5-3-1;3-1(5)2(4)6/h1-6H,7H2;1-3H;(H2,3,5)(H2,4,6). The van der Waals surface area contributed by atoms with Gasteiger partial charge in [0.1, 0.15) is 0 Å². The Kier molecular flexibility index (Phi) is 6.78. The van der Waals surface area contributed by atoms with Gasteiger partial charge in [-0.15, -0.1) is 10.2 Å². The number of hydrogen-bond acceptors (Lipinski definition) is 5. The first-order chi connectivity index (χ1) is 10.1. The number of carbonyl (C=O) groups is 2. The van der Waals surface area contributed by atoms with Gasteiger partial charge in [0.05, 0.1) is 12.4 Å². The summed E-state index contributed by atoms with van der Waals surface area (Å²) in [6, 6.07) is 10.2. The van der Waals surface area contributed by atoms with Crippen molar-refractivity contribution in [2.24, 2.45) is 11.5 Å². The van der Waals surface area contributed by atoms with Crippen LogP contribution >= 0.6 is 0 Å². The van der Waals surface area contributed by atoms with Crippen LogP contribution in [0.2, 0.25) is 0 Å². The van der Waals surface area contributed by atoms with E-state index in [0.29, 0.717) is 0 Å². The van der Waals surface area contributed by atoms with Crippen LogP contribution in [0.25, 0.3) is 6.08 Å². The number of nitrogens with two attached hydrogens (primary N) is 2. The van der Waals surface area contributed by atoms with Crippen LogP contribution in [0.4, 0.5) is 0 Å². The van der Waals surface area contributed by atoms with E-state index in [-0.39, 0.29) is 0 Å². The number of allylic oxidation sites excluding steroid dienone is 1. The Labute approximate surface area is 121 Å². The summed E-state index contributed by atoms with van der Waals surface area (Å²) < 4.78 is 0. The SMILES string of the molecule is C1=Cc2ccccc2C1.NC(=O)C(N)=O.c1cnnnc1. The lowest BCUT2D eigenvalue weighted by Gasteiger charge is -1.93. The van der Waals surface area contributed by atoms with E-state index in [4.69, 9.17) is 0 Å². The van der Waals surface area contributed by atoms with E-state index in [1.165, 1.54) is 11.1 Å². The molecule has 0 spiro atoms. The van der Waals surface area contributed by atoms with Crippen LogP contribution in [-0.4, -0.2) is 27.2 Å². The molecule has 1 aromatic carbocycles. The number of aromatic nitrogens is 3. The lowest BCUT2D eigenvalue weighted by molar-refractivity contribution is -0.135. The van der Waals surface area contributed by atoms with Crippen molar-refractivity contribution < 1.29 is 9.59 Å². The molecular formula is C14H15N5O2. The molecule has 7 nitrogen and oxygen atoms in total. The molecule has 0 saturated heterocycles. The Bertz CT molecular complexity index is 575. The Morgan fingerprint density at radius 2 is 1.57 bits per heavy atom. The Morgan fingerprint density at radius 3 is 2.00 bits per heavy atom. The van der Waals surface area contributed by atoms with Crippen LogP contribution in [-0.2, 0) is 16.0 Å². The fraction of sp³-hybridized carbons (Fsp3) is 0.0714. The molecule has 0 saturated carbocycles. The van der Waals surface area contributed by atoms with Crippen molar-refractivity contribution in [2.45, 2.75) is 6.42 Å². The molecule has 0 bridgehead atoms. The van der Waals surface area contributed by atoms with Gasteiger partial charge >= 0.3 is 11.8 Å². The summed E-state index contributed by atoms with van der Waals surface area (Å²) in [5, 5.41) is 10.1. The molecule has 1 aromatic heterocycles. The molecule has 4 N–H and O–H groups in total. The Morgan fingerprint density at radius 1 is 0.952 bits per heavy atom. The maximum Gasteiger partial charge on any atom is 0.306 e. The van der Waals surface area contributed by atoms with Gasteiger partial charge in [-0.1, -0.05) is 36.4 Å². The van der Waals surface area contributed by atoms with Gasteiger partial charge in [-0.2, -0.15) is 0 Å². The number of primary amides is 2. The molecule has 108 valence electrons. The van der Waals surface area contributed by atoms with Crippen molar-refractivity contribution in [1.82, 2.24) is 15.4 Å². The summed E-state index contributed by atoms with van der Waals surface area (Å²) >= 11 is 0. The smallest absolute Gasteiger partial charge is 0.306 e. The summed E-state index contributed by atoms with van der Waals surface area (Å²) in [5.41, 5.74) is 11.5. The van der Waals surface area contributed by atoms with E-state index < -0.39 is 11.8 Å². The molecular weight excluding hydrogens is 270 g/mol. The third-order valence-corrected chi connectivity index (χ3v) is 2.34. The zero-order valence-electron chi connectivity index (χ0n) is 11.2. The van der Waals surface area contributed by atoms with Crippen LogP contribution in [0.5, 0.6) is 0 Å². The molecule has 21 heavy (non-hydrogen) atoms. The first-order valence-corrected chi connectivity index (χ1v) is 6.03. The van der Waals surface area contributed by atoms with Gasteiger partial charge in [-0.05, 0) is 28.8 Å². The summed E-state index contributed by atoms with van der Waals surface area (Å²) in [7, 11) is 0. The third kappa shape index (κ3) is 6.58. The zero-order valence-corrected chi connectivity index (χ0v) is 11.2. The third-order valence-electron chi connectivity index (χ3n) is 2.34. The maximum atomic E-state index is 9.45. The fourth-order valence-electron chi connectivity index (χ4n) is 1.40. The lowest BCUT2D eigenvalue weighted by atomic mass is 10.1. The van der Waals surface area contributed by atoms with Gasteiger partial charge in [0.25, 0.3) is 0 Å². The molecule has 1 heterocycles. The van der Waals surface area contributed by atoms with E-state index in [1.54, 1.807) is 18.5 Å². The predicted octanol–water partition coefficient (Wildman–Crippen LogP) is 0.0845. The summed E-state index contributed by atoms with van der Waals surface area (Å²) in [6.07, 6.45) is 8.65. The van der Waals surface area contributed by atoms with Crippen LogP contribution < -0.4 is 11.5 Å². The van der Waals surface area contributed by atoms with E-state index in [0.717, 1.165) is 6.42 Å². The summed E-state index contributed by atoms with van der Waals surface area (Å²) in [6.45, 7) is 0. The van der Waals surface area contributed by atoms with Gasteiger partial charge in [0, 0.05) is 0 Å². The second-order valence-corrected chi connectivity index (χ2v) is 3.84. The number of fused-ring (bicyclic) bond motifs is 1. The van der Waals surface area contributed by atoms with Gasteiger partial charge in [-0.3, -0.25) is 9.59 Å². The molecule has 1 aliphatic rings. The Balaban J connectivity index is 0.000000164. The minimum absolute atomic E-state index is 1.10. The van der Waals surface area contributed by atoms with Crippen LogP contribution in [0.1, 0.15) is 11.1 Å². The average Bonchev–Trinajstić information content (AvgIpc) is 2.98. The number of nitrogens with zero attached hydrogens (tertiary/aromatic N) is 3. The molecule has 3 rings (SSSR count). The van der Waals surface area contributed by atoms with E-state index in [2.05, 4.69) is 63.3 Å². The van der Waals surface area contributed by atoms with Crippen molar-refractivity contribution in [3.05, 3.63) is 59.9 Å². The Hall–Kier alpha value is -3.09. The van der Waals surface area contributed by atoms with Gasteiger partial charge in [-0.25, -0.2) is 0 Å². The van der Waals surface area contributed by atoms with Crippen molar-refractivity contribution in [3.8, 4) is 0 Å². The molecule has 0 atom stereocenters. The van der Waals surface area contributed by atoms with Crippen molar-refractivity contribution in [1.29, 1.82) is 0 Å². The number of rotatable bonds is 0. The maximum absolute atomic E-state index is 9.45. The number of benzene rings is 1. The van der Waals surface area contributed by atoms with E-state index in [9.17, 15) is 9.59 Å². The highest BCUT2D eigenvalue weighted by atomic mass is 16.2. The van der Waals surface area contributed by atoms with Gasteiger partial charge in [0.15, 0.2) is 0 Å². The van der Waals surface area contributed by atoms with Gasteiger partial charge in [0.2, 0.25) is 0 Å². The second kappa shape index (κ2) is 8.92. The first-order valence-electron chi connectivity index (χ1n) is 6.03. The summed E-state index contributed by atoms with van der Waals surface area (Å²) in [4.78, 5) is 18.9. The molecule has 0 radical (unpaired) electrons. The average molecular weight is 285 g/mol. The van der Waals surface area contributed by atoms with E-state index in [1.807, 2.05) is 0 Å². The minimum Gasteiger partial charge on any atom is -0.361 e. The van der Waals surface area contributed by atoms with Crippen LogP contribution in [0.3, 0.4) is 0 Å². The molecule has 0 unspecified atom stereocenters.